The van der Waals surface area contributed by atoms with Crippen molar-refractivity contribution in [1.82, 2.24) is 9.97 Å². The van der Waals surface area contributed by atoms with Crippen molar-refractivity contribution in [2.24, 2.45) is 4.36 Å². The molecule has 2 aromatic carbocycles. The van der Waals surface area contributed by atoms with Crippen molar-refractivity contribution in [2.75, 3.05) is 30.0 Å². The van der Waals surface area contributed by atoms with Crippen LogP contribution < -0.4 is 10.1 Å². The van der Waals surface area contributed by atoms with Crippen LogP contribution in [-0.4, -0.2) is 56.2 Å². The largest absolute Gasteiger partial charge is 0.483 e. The van der Waals surface area contributed by atoms with Crippen LogP contribution in [-0.2, 0) is 14.5 Å². The SMILES string of the molecule is O=S1(=Nc2cc(I)c3c(Nc4ccc(F)cc4O[C@H]4COC[C@H]4O)ncnc3c2)CCC1. The molecule has 3 aromatic rings. The zero-order valence-electron chi connectivity index (χ0n) is 16.8. The van der Waals surface area contributed by atoms with Crippen LogP contribution in [0.5, 0.6) is 5.75 Å². The van der Waals surface area contributed by atoms with Gasteiger partial charge in [0.1, 0.15) is 29.8 Å². The summed E-state index contributed by atoms with van der Waals surface area (Å²) in [6.07, 6.45) is 0.996. The number of aliphatic hydroxyl groups is 1. The van der Waals surface area contributed by atoms with Gasteiger partial charge in [-0.2, -0.15) is 4.36 Å². The molecule has 0 spiro atoms. The highest BCUT2D eigenvalue weighted by Crippen LogP contribution is 2.35. The number of anilines is 2. The molecule has 2 aliphatic rings. The van der Waals surface area contributed by atoms with Gasteiger partial charge in [-0.15, -0.1) is 0 Å². The molecule has 5 rings (SSSR count). The molecule has 0 saturated carbocycles. The van der Waals surface area contributed by atoms with Gasteiger partial charge in [0.2, 0.25) is 0 Å². The van der Waals surface area contributed by atoms with Gasteiger partial charge in [0.05, 0.1) is 45.2 Å². The van der Waals surface area contributed by atoms with E-state index in [1.807, 2.05) is 6.07 Å². The Morgan fingerprint density at radius 3 is 2.81 bits per heavy atom. The Bertz CT molecular complexity index is 1300. The molecule has 32 heavy (non-hydrogen) atoms. The summed E-state index contributed by atoms with van der Waals surface area (Å²) in [7, 11) is -2.13. The second-order valence-corrected chi connectivity index (χ2v) is 11.4. The lowest BCUT2D eigenvalue weighted by Gasteiger charge is -2.19. The lowest BCUT2D eigenvalue weighted by molar-refractivity contribution is 0.0736. The van der Waals surface area contributed by atoms with Crippen LogP contribution in [0.15, 0.2) is 41.0 Å². The second kappa shape index (κ2) is 8.69. The summed E-state index contributed by atoms with van der Waals surface area (Å²) >= 11 is 2.18. The molecule has 1 aromatic heterocycles. The van der Waals surface area contributed by atoms with Crippen LogP contribution in [0, 0.1) is 9.39 Å². The number of aromatic nitrogens is 2. The van der Waals surface area contributed by atoms with E-state index in [0.29, 0.717) is 34.2 Å². The lowest BCUT2D eigenvalue weighted by atomic mass is 10.2. The van der Waals surface area contributed by atoms with E-state index in [1.165, 1.54) is 18.5 Å². The van der Waals surface area contributed by atoms with E-state index in [4.69, 9.17) is 9.47 Å². The normalized spacial score (nSPS) is 21.8. The van der Waals surface area contributed by atoms with Gasteiger partial charge in [-0.3, -0.25) is 0 Å². The summed E-state index contributed by atoms with van der Waals surface area (Å²) < 4.78 is 42.8. The lowest BCUT2D eigenvalue weighted by Crippen LogP contribution is -2.30. The van der Waals surface area contributed by atoms with Crippen LogP contribution in [0.25, 0.3) is 10.9 Å². The molecule has 2 fully saturated rings. The maximum Gasteiger partial charge on any atom is 0.150 e. The molecule has 2 N–H and O–H groups in total. The summed E-state index contributed by atoms with van der Waals surface area (Å²) in [4.78, 5) is 8.73. The van der Waals surface area contributed by atoms with E-state index in [0.717, 1.165) is 15.4 Å². The fourth-order valence-corrected chi connectivity index (χ4v) is 5.88. The number of hydrogen-bond acceptors (Lipinski definition) is 8. The number of rotatable bonds is 5. The van der Waals surface area contributed by atoms with Gasteiger partial charge < -0.3 is 19.9 Å². The van der Waals surface area contributed by atoms with Crippen molar-refractivity contribution in [2.45, 2.75) is 18.6 Å². The predicted molar refractivity (Wildman–Crippen MR) is 128 cm³/mol. The van der Waals surface area contributed by atoms with Crippen LogP contribution in [0.1, 0.15) is 6.42 Å². The van der Waals surface area contributed by atoms with Gasteiger partial charge in [-0.25, -0.2) is 18.6 Å². The van der Waals surface area contributed by atoms with E-state index < -0.39 is 27.8 Å². The number of hydrogen-bond donors (Lipinski definition) is 2. The molecule has 2 saturated heterocycles. The van der Waals surface area contributed by atoms with Gasteiger partial charge in [0.25, 0.3) is 0 Å². The Hall–Kier alpha value is -2.09. The zero-order valence-corrected chi connectivity index (χ0v) is 19.8. The fraction of sp³-hybridized carbons (Fsp3) is 0.333. The van der Waals surface area contributed by atoms with Gasteiger partial charge in [0, 0.05) is 21.1 Å². The molecule has 2 aliphatic heterocycles. The number of halogens is 2. The van der Waals surface area contributed by atoms with Gasteiger partial charge >= 0.3 is 0 Å². The first-order valence-corrected chi connectivity index (χ1v) is 13.0. The highest BCUT2D eigenvalue weighted by atomic mass is 127. The van der Waals surface area contributed by atoms with E-state index in [-0.39, 0.29) is 19.0 Å². The Kier molecular flexibility index (Phi) is 5.90. The molecule has 11 heteroatoms. The van der Waals surface area contributed by atoms with Gasteiger partial charge in [0.15, 0.2) is 6.10 Å². The fourth-order valence-electron chi connectivity index (χ4n) is 3.57. The van der Waals surface area contributed by atoms with E-state index in [9.17, 15) is 13.7 Å². The Labute approximate surface area is 197 Å². The quantitative estimate of drug-likeness (QED) is 0.450. The monoisotopic (exact) mass is 570 g/mol. The minimum atomic E-state index is -2.13. The first kappa shape index (κ1) is 21.7. The van der Waals surface area contributed by atoms with Crippen molar-refractivity contribution in [3.8, 4) is 5.75 Å². The third kappa shape index (κ3) is 4.38. The topological polar surface area (TPSA) is 106 Å². The minimum Gasteiger partial charge on any atom is -0.483 e. The van der Waals surface area contributed by atoms with Gasteiger partial charge in [-0.05, 0) is 53.3 Å². The number of aliphatic hydroxyl groups excluding tert-OH is 1. The molecule has 0 unspecified atom stereocenters. The number of benzene rings is 2. The van der Waals surface area contributed by atoms with Crippen LogP contribution in [0.3, 0.4) is 0 Å². The minimum absolute atomic E-state index is 0.178. The second-order valence-electron chi connectivity index (χ2n) is 7.70. The summed E-state index contributed by atoms with van der Waals surface area (Å²) in [5.41, 5.74) is 1.78. The highest BCUT2D eigenvalue weighted by Gasteiger charge is 2.29. The molecule has 168 valence electrons. The molecule has 3 heterocycles. The third-order valence-electron chi connectivity index (χ3n) is 5.35. The zero-order chi connectivity index (χ0) is 22.3. The Balaban J connectivity index is 1.51. The number of fused-ring (bicyclic) bond motifs is 1. The molecule has 0 radical (unpaired) electrons. The van der Waals surface area contributed by atoms with Crippen molar-refractivity contribution in [3.05, 3.63) is 46.0 Å². The van der Waals surface area contributed by atoms with Crippen LogP contribution in [0.4, 0.5) is 21.6 Å². The molecule has 0 bridgehead atoms. The molecular weight excluding hydrogens is 550 g/mol. The maximum absolute atomic E-state index is 13.9. The molecule has 2 atom stereocenters. The van der Waals surface area contributed by atoms with Crippen molar-refractivity contribution in [3.63, 3.8) is 0 Å². The predicted octanol–water partition coefficient (Wildman–Crippen LogP) is 3.76. The molecule has 0 amide bonds. The number of nitrogens with zero attached hydrogens (tertiary/aromatic N) is 3. The number of nitrogens with one attached hydrogen (secondary N) is 1. The van der Waals surface area contributed by atoms with Crippen LogP contribution >= 0.6 is 22.6 Å². The first-order chi connectivity index (χ1) is 15.4. The average molecular weight is 570 g/mol. The maximum atomic E-state index is 13.9. The summed E-state index contributed by atoms with van der Waals surface area (Å²) in [6, 6.07) is 7.78. The number of ether oxygens (including phenoxy) is 2. The van der Waals surface area contributed by atoms with Crippen molar-refractivity contribution in [1.29, 1.82) is 0 Å². The summed E-state index contributed by atoms with van der Waals surface area (Å²) in [5, 5.41) is 14.0. The van der Waals surface area contributed by atoms with Crippen molar-refractivity contribution < 1.29 is 23.2 Å². The summed E-state index contributed by atoms with van der Waals surface area (Å²) in [5.74, 6) is 1.56. The van der Waals surface area contributed by atoms with E-state index in [1.54, 1.807) is 12.1 Å². The van der Waals surface area contributed by atoms with E-state index >= 15 is 0 Å². The highest BCUT2D eigenvalue weighted by molar-refractivity contribution is 14.1. The Morgan fingerprint density at radius 2 is 2.09 bits per heavy atom. The van der Waals surface area contributed by atoms with Crippen LogP contribution in [0.2, 0.25) is 0 Å². The van der Waals surface area contributed by atoms with Gasteiger partial charge in [-0.1, -0.05) is 0 Å². The summed E-state index contributed by atoms with van der Waals surface area (Å²) in [6.45, 7) is 0.401. The van der Waals surface area contributed by atoms with Crippen molar-refractivity contribution >= 4 is 60.4 Å². The molecule has 0 aliphatic carbocycles. The standard InChI is InChI=1S/C21H20FIN4O4S/c22-12-2-3-15(18(6-12)31-19-10-30-9-17(19)28)26-21-20-14(23)7-13(8-16(20)24-11-25-21)27-32(29)4-1-5-32/h2-3,6-8,11,17,19,28H,1,4-5,9-10H2,(H,24,25,26)/t17-,19+/m1/s1. The smallest absolute Gasteiger partial charge is 0.150 e. The van der Waals surface area contributed by atoms with E-state index in [2.05, 4.69) is 42.2 Å². The molecule has 8 nitrogen and oxygen atoms in total. The Morgan fingerprint density at radius 1 is 1.25 bits per heavy atom. The molecular formula is C21H20FIN4O4S. The third-order valence-corrected chi connectivity index (χ3v) is 8.60. The first-order valence-electron chi connectivity index (χ1n) is 10.1. The average Bonchev–Trinajstić information content (AvgIpc) is 3.13.